The van der Waals surface area contributed by atoms with Crippen LogP contribution in [0.15, 0.2) is 24.3 Å². The number of halogens is 1. The third-order valence-electron chi connectivity index (χ3n) is 2.28. The Hall–Kier alpha value is -0.910. The van der Waals surface area contributed by atoms with E-state index in [0.717, 1.165) is 5.75 Å². The Labute approximate surface area is 116 Å². The number of carbonyl (C=O) groups excluding carboxylic acids is 1. The van der Waals surface area contributed by atoms with Crippen molar-refractivity contribution in [2.24, 2.45) is 0 Å². The lowest BCUT2D eigenvalue weighted by molar-refractivity contribution is 0.241. The van der Waals surface area contributed by atoms with E-state index in [1.807, 2.05) is 6.26 Å². The largest absolute Gasteiger partial charge is 0.396 e. The summed E-state index contributed by atoms with van der Waals surface area (Å²) in [6, 6.07) is 6.59. The monoisotopic (exact) mass is 288 g/mol. The van der Waals surface area contributed by atoms with Crippen LogP contribution in [0.1, 0.15) is 6.42 Å². The van der Waals surface area contributed by atoms with E-state index < -0.39 is 0 Å². The Bertz CT molecular complexity index is 367. The molecule has 0 saturated carbocycles. The predicted octanol–water partition coefficient (Wildman–Crippen LogP) is 2.58. The van der Waals surface area contributed by atoms with Crippen molar-refractivity contribution in [1.82, 2.24) is 5.32 Å². The zero-order chi connectivity index (χ0) is 13.4. The normalized spacial score (nSPS) is 11.9. The number of hydrogen-bond acceptors (Lipinski definition) is 3. The topological polar surface area (TPSA) is 61.4 Å². The smallest absolute Gasteiger partial charge is 0.319 e. The summed E-state index contributed by atoms with van der Waals surface area (Å²) < 4.78 is 0. The number of carbonyl (C=O) groups is 1. The summed E-state index contributed by atoms with van der Waals surface area (Å²) in [4.78, 5) is 11.7. The van der Waals surface area contributed by atoms with Crippen molar-refractivity contribution in [2.45, 2.75) is 12.5 Å². The fourth-order valence-corrected chi connectivity index (χ4v) is 2.22. The molecule has 0 heterocycles. The van der Waals surface area contributed by atoms with Crippen LogP contribution in [0.3, 0.4) is 0 Å². The first-order valence-corrected chi connectivity index (χ1v) is 7.35. The van der Waals surface area contributed by atoms with E-state index >= 15 is 0 Å². The highest BCUT2D eigenvalue weighted by Gasteiger charge is 2.11. The Morgan fingerprint density at radius 3 is 2.67 bits per heavy atom. The molecular weight excluding hydrogens is 272 g/mol. The highest BCUT2D eigenvalue weighted by molar-refractivity contribution is 7.98. The minimum Gasteiger partial charge on any atom is -0.396 e. The number of urea groups is 1. The standard InChI is InChI=1S/C12H17ClN2O2S/c1-18-8-11(6-7-16)15-12(17)14-10-4-2-9(13)3-5-10/h2-5,11,16H,6-8H2,1H3,(H2,14,15,17). The average Bonchev–Trinajstić information content (AvgIpc) is 2.33. The third-order valence-corrected chi connectivity index (χ3v) is 3.27. The van der Waals surface area contributed by atoms with E-state index in [-0.39, 0.29) is 18.7 Å². The van der Waals surface area contributed by atoms with Gasteiger partial charge in [-0.25, -0.2) is 4.79 Å². The zero-order valence-corrected chi connectivity index (χ0v) is 11.7. The van der Waals surface area contributed by atoms with Gasteiger partial charge in [0, 0.05) is 29.1 Å². The Morgan fingerprint density at radius 1 is 1.44 bits per heavy atom. The fourth-order valence-electron chi connectivity index (χ4n) is 1.44. The highest BCUT2D eigenvalue weighted by Crippen LogP contribution is 2.13. The number of hydrogen-bond donors (Lipinski definition) is 3. The number of anilines is 1. The van der Waals surface area contributed by atoms with Gasteiger partial charge in [0.2, 0.25) is 0 Å². The van der Waals surface area contributed by atoms with Crippen molar-refractivity contribution in [3.05, 3.63) is 29.3 Å². The lowest BCUT2D eigenvalue weighted by Crippen LogP contribution is -2.40. The molecule has 0 radical (unpaired) electrons. The van der Waals surface area contributed by atoms with Gasteiger partial charge < -0.3 is 15.7 Å². The summed E-state index contributed by atoms with van der Waals surface area (Å²) in [6.45, 7) is 0.0620. The lowest BCUT2D eigenvalue weighted by atomic mass is 10.2. The van der Waals surface area contributed by atoms with E-state index in [1.165, 1.54) is 0 Å². The first-order chi connectivity index (χ1) is 8.65. The highest BCUT2D eigenvalue weighted by atomic mass is 35.5. The van der Waals surface area contributed by atoms with Crippen LogP contribution in [0.5, 0.6) is 0 Å². The minimum absolute atomic E-state index is 0.0303. The van der Waals surface area contributed by atoms with Crippen molar-refractivity contribution in [2.75, 3.05) is 23.9 Å². The molecule has 1 aromatic rings. The minimum atomic E-state index is -0.273. The van der Waals surface area contributed by atoms with Gasteiger partial charge >= 0.3 is 6.03 Å². The molecule has 3 N–H and O–H groups in total. The number of amides is 2. The first-order valence-electron chi connectivity index (χ1n) is 5.58. The molecule has 100 valence electrons. The molecule has 0 aliphatic carbocycles. The second-order valence-electron chi connectivity index (χ2n) is 3.77. The molecule has 0 saturated heterocycles. The quantitative estimate of drug-likeness (QED) is 0.754. The fraction of sp³-hybridized carbons (Fsp3) is 0.417. The van der Waals surface area contributed by atoms with Crippen LogP contribution in [-0.4, -0.2) is 35.8 Å². The molecule has 1 atom stereocenters. The van der Waals surface area contributed by atoms with Crippen molar-refractivity contribution in [3.63, 3.8) is 0 Å². The van der Waals surface area contributed by atoms with Gasteiger partial charge in [0.15, 0.2) is 0 Å². The molecule has 0 bridgehead atoms. The molecule has 0 aliphatic rings. The second-order valence-corrected chi connectivity index (χ2v) is 5.12. The van der Waals surface area contributed by atoms with Crippen LogP contribution in [0, 0.1) is 0 Å². The van der Waals surface area contributed by atoms with E-state index in [9.17, 15) is 4.79 Å². The maximum Gasteiger partial charge on any atom is 0.319 e. The van der Waals surface area contributed by atoms with Crippen LogP contribution in [0.4, 0.5) is 10.5 Å². The van der Waals surface area contributed by atoms with Crippen LogP contribution in [0.2, 0.25) is 5.02 Å². The number of thioether (sulfide) groups is 1. The number of aliphatic hydroxyl groups excluding tert-OH is 1. The third kappa shape index (κ3) is 5.62. The van der Waals surface area contributed by atoms with Gasteiger partial charge in [-0.05, 0) is 36.9 Å². The predicted molar refractivity (Wildman–Crippen MR) is 77.5 cm³/mol. The van der Waals surface area contributed by atoms with E-state index in [4.69, 9.17) is 16.7 Å². The number of benzene rings is 1. The van der Waals surface area contributed by atoms with Gasteiger partial charge in [0.25, 0.3) is 0 Å². The number of nitrogens with one attached hydrogen (secondary N) is 2. The Balaban J connectivity index is 2.46. The average molecular weight is 289 g/mol. The van der Waals surface area contributed by atoms with Crippen LogP contribution >= 0.6 is 23.4 Å². The molecule has 1 aromatic carbocycles. The summed E-state index contributed by atoms with van der Waals surface area (Å²) in [5, 5.41) is 15.1. The van der Waals surface area contributed by atoms with Crippen LogP contribution in [-0.2, 0) is 0 Å². The summed E-state index contributed by atoms with van der Waals surface area (Å²) in [5.74, 6) is 0.772. The van der Waals surface area contributed by atoms with Crippen LogP contribution < -0.4 is 10.6 Å². The molecule has 4 nitrogen and oxygen atoms in total. The maximum absolute atomic E-state index is 11.7. The Morgan fingerprint density at radius 2 is 2.11 bits per heavy atom. The van der Waals surface area contributed by atoms with Gasteiger partial charge in [-0.2, -0.15) is 11.8 Å². The van der Waals surface area contributed by atoms with Gasteiger partial charge in [-0.15, -0.1) is 0 Å². The van der Waals surface area contributed by atoms with Crippen molar-refractivity contribution in [1.29, 1.82) is 0 Å². The van der Waals surface area contributed by atoms with Gasteiger partial charge in [-0.1, -0.05) is 11.6 Å². The molecule has 18 heavy (non-hydrogen) atoms. The van der Waals surface area contributed by atoms with Crippen molar-refractivity contribution < 1.29 is 9.90 Å². The maximum atomic E-state index is 11.7. The van der Waals surface area contributed by atoms with Crippen molar-refractivity contribution in [3.8, 4) is 0 Å². The lowest BCUT2D eigenvalue weighted by Gasteiger charge is -2.17. The second kappa shape index (κ2) is 8.24. The summed E-state index contributed by atoms with van der Waals surface area (Å²) in [5.41, 5.74) is 0.684. The molecule has 2 amide bonds. The van der Waals surface area contributed by atoms with E-state index in [1.54, 1.807) is 36.0 Å². The zero-order valence-electron chi connectivity index (χ0n) is 10.1. The van der Waals surface area contributed by atoms with Gasteiger partial charge in [0.05, 0.1) is 0 Å². The SMILES string of the molecule is CSCC(CCO)NC(=O)Nc1ccc(Cl)cc1. The summed E-state index contributed by atoms with van der Waals surface area (Å²) >= 11 is 7.39. The molecule has 0 aliphatic heterocycles. The van der Waals surface area contributed by atoms with Gasteiger partial charge in [0.1, 0.15) is 0 Å². The Kier molecular flexibility index (Phi) is 6.93. The molecule has 0 spiro atoms. The number of aliphatic hydroxyl groups is 1. The number of rotatable bonds is 6. The molecule has 1 unspecified atom stereocenters. The molecule has 6 heteroatoms. The van der Waals surface area contributed by atoms with Gasteiger partial charge in [-0.3, -0.25) is 0 Å². The molecule has 1 rings (SSSR count). The van der Waals surface area contributed by atoms with Crippen LogP contribution in [0.25, 0.3) is 0 Å². The summed E-state index contributed by atoms with van der Waals surface area (Å²) in [6.07, 6.45) is 2.51. The van der Waals surface area contributed by atoms with Crippen molar-refractivity contribution >= 4 is 35.1 Å². The molecule has 0 aromatic heterocycles. The molecule has 0 fully saturated rings. The van der Waals surface area contributed by atoms with E-state index in [0.29, 0.717) is 17.1 Å². The van der Waals surface area contributed by atoms with E-state index in [2.05, 4.69) is 10.6 Å². The first kappa shape index (κ1) is 15.1. The molecular formula is C12H17ClN2O2S. The summed E-state index contributed by atoms with van der Waals surface area (Å²) in [7, 11) is 0.